The van der Waals surface area contributed by atoms with Crippen molar-refractivity contribution in [1.82, 2.24) is 5.32 Å². The maximum absolute atomic E-state index is 10.4. The third-order valence-electron chi connectivity index (χ3n) is 12.4. The predicted molar refractivity (Wildman–Crippen MR) is 139 cm³/mol. The van der Waals surface area contributed by atoms with Gasteiger partial charge in [0.2, 0.25) is 0 Å². The highest BCUT2D eigenvalue weighted by Crippen LogP contribution is 2.68. The fraction of sp³-hybridized carbons (Fsp3) is 1.00. The van der Waals surface area contributed by atoms with E-state index in [9.17, 15) is 15.3 Å². The van der Waals surface area contributed by atoms with E-state index in [-0.39, 0.29) is 18.8 Å². The third-order valence-corrected chi connectivity index (χ3v) is 12.4. The summed E-state index contributed by atoms with van der Waals surface area (Å²) in [7, 11) is 0. The van der Waals surface area contributed by atoms with Crippen LogP contribution in [0.4, 0.5) is 0 Å². The number of rotatable bonds is 7. The molecule has 1 saturated heterocycles. The molecule has 0 aromatic heterocycles. The third kappa shape index (κ3) is 4.75. The topological polar surface area (TPSA) is 82.0 Å². The van der Waals surface area contributed by atoms with Gasteiger partial charge in [0.15, 0.2) is 0 Å². The van der Waals surface area contributed by atoms with E-state index in [1.807, 2.05) is 0 Å². The van der Waals surface area contributed by atoms with Gasteiger partial charge in [-0.3, -0.25) is 0 Å². The van der Waals surface area contributed by atoms with Crippen LogP contribution in [0.3, 0.4) is 0 Å². The lowest BCUT2D eigenvalue weighted by molar-refractivity contribution is -0.129. The average molecular weight is 492 g/mol. The molecule has 0 aromatic rings. The van der Waals surface area contributed by atoms with Crippen LogP contribution in [0.1, 0.15) is 97.8 Å². The monoisotopic (exact) mass is 491 g/mol. The van der Waals surface area contributed by atoms with Crippen LogP contribution in [0.5, 0.6) is 0 Å². The highest BCUT2D eigenvalue weighted by atomic mass is 16.5. The quantitative estimate of drug-likeness (QED) is 0.394. The van der Waals surface area contributed by atoms with E-state index in [2.05, 4.69) is 26.1 Å². The molecule has 5 aliphatic rings. The molecular formula is C30H53NO4. The van der Waals surface area contributed by atoms with E-state index in [1.165, 1.54) is 51.4 Å². The zero-order chi connectivity index (χ0) is 24.8. The smallest absolute Gasteiger partial charge is 0.108 e. The van der Waals surface area contributed by atoms with Gasteiger partial charge in [-0.05, 0) is 130 Å². The summed E-state index contributed by atoms with van der Waals surface area (Å²) in [6.07, 6.45) is 13.9. The molecule has 12 atom stereocenters. The highest BCUT2D eigenvalue weighted by Gasteiger charge is 2.60. The minimum atomic E-state index is -0.611. The van der Waals surface area contributed by atoms with Crippen molar-refractivity contribution in [3.8, 4) is 0 Å². The molecule has 4 N–H and O–H groups in total. The number of hydrogen-bond donors (Lipinski definition) is 4. The molecule has 5 nitrogen and oxygen atoms in total. The van der Waals surface area contributed by atoms with Crippen molar-refractivity contribution in [2.45, 2.75) is 122 Å². The Kier molecular flexibility index (Phi) is 7.94. The molecule has 0 bridgehead atoms. The Morgan fingerprint density at radius 3 is 2.51 bits per heavy atom. The number of aliphatic hydroxyl groups excluding tert-OH is 3. The lowest BCUT2D eigenvalue weighted by Gasteiger charge is -2.61. The van der Waals surface area contributed by atoms with Gasteiger partial charge in [-0.1, -0.05) is 20.8 Å². The number of hydrogen-bond acceptors (Lipinski definition) is 5. The average Bonchev–Trinajstić information content (AvgIpc) is 3.20. The molecule has 0 spiro atoms. The second-order valence-corrected chi connectivity index (χ2v) is 13.9. The molecule has 202 valence electrons. The van der Waals surface area contributed by atoms with Crippen LogP contribution in [-0.2, 0) is 4.74 Å². The Morgan fingerprint density at radius 2 is 1.71 bits per heavy atom. The molecule has 4 saturated carbocycles. The number of aliphatic hydroxyl groups is 3. The molecule has 5 heteroatoms. The van der Waals surface area contributed by atoms with Crippen molar-refractivity contribution in [2.24, 2.45) is 46.3 Å². The van der Waals surface area contributed by atoms with E-state index in [0.717, 1.165) is 67.7 Å². The minimum absolute atomic E-state index is 0.0391. The normalized spacial score (nSPS) is 50.7. The molecule has 4 aliphatic carbocycles. The molecule has 0 radical (unpaired) electrons. The Morgan fingerprint density at radius 1 is 0.943 bits per heavy atom. The van der Waals surface area contributed by atoms with Gasteiger partial charge in [-0.15, -0.1) is 0 Å². The van der Waals surface area contributed by atoms with E-state index in [4.69, 9.17) is 4.74 Å². The van der Waals surface area contributed by atoms with Crippen molar-refractivity contribution in [1.29, 1.82) is 0 Å². The summed E-state index contributed by atoms with van der Waals surface area (Å²) in [5, 5.41) is 33.7. The van der Waals surface area contributed by atoms with Gasteiger partial charge in [0.25, 0.3) is 0 Å². The maximum Gasteiger partial charge on any atom is 0.108 e. The van der Waals surface area contributed by atoms with Crippen LogP contribution >= 0.6 is 0 Å². The molecular weight excluding hydrogens is 438 g/mol. The van der Waals surface area contributed by atoms with Crippen LogP contribution in [0.2, 0.25) is 0 Å². The predicted octanol–water partition coefficient (Wildman–Crippen LogP) is 4.52. The summed E-state index contributed by atoms with van der Waals surface area (Å²) in [5.41, 5.74) is 0.985. The first-order chi connectivity index (χ1) is 16.8. The van der Waals surface area contributed by atoms with Crippen molar-refractivity contribution in [3.63, 3.8) is 0 Å². The van der Waals surface area contributed by atoms with Crippen LogP contribution in [0.25, 0.3) is 0 Å². The summed E-state index contributed by atoms with van der Waals surface area (Å²) in [6.45, 7) is 9.21. The van der Waals surface area contributed by atoms with Crippen LogP contribution in [0, 0.1) is 46.3 Å². The Bertz CT molecular complexity index is 718. The first-order valence-electron chi connectivity index (χ1n) is 15.1. The van der Waals surface area contributed by atoms with Gasteiger partial charge in [-0.25, -0.2) is 0 Å². The molecule has 35 heavy (non-hydrogen) atoms. The molecule has 1 aliphatic heterocycles. The number of fused-ring (bicyclic) bond motifs is 5. The Labute approximate surface area is 213 Å². The summed E-state index contributed by atoms with van der Waals surface area (Å²) in [4.78, 5) is 0. The Balaban J connectivity index is 1.15. The van der Waals surface area contributed by atoms with Gasteiger partial charge in [0.1, 0.15) is 6.10 Å². The summed E-state index contributed by atoms with van der Waals surface area (Å²) < 4.78 is 5.47. The van der Waals surface area contributed by atoms with Gasteiger partial charge in [-0.2, -0.15) is 0 Å². The maximum atomic E-state index is 10.4. The molecule has 5 rings (SSSR count). The lowest BCUT2D eigenvalue weighted by atomic mass is 9.44. The molecule has 5 fully saturated rings. The molecule has 0 amide bonds. The first kappa shape index (κ1) is 26.4. The van der Waals surface area contributed by atoms with E-state index < -0.39 is 12.2 Å². The first-order valence-corrected chi connectivity index (χ1v) is 15.1. The fourth-order valence-corrected chi connectivity index (χ4v) is 10.4. The van der Waals surface area contributed by atoms with Crippen LogP contribution in [0.15, 0.2) is 0 Å². The number of nitrogens with one attached hydrogen (secondary N) is 1. The van der Waals surface area contributed by atoms with E-state index in [1.54, 1.807) is 0 Å². The largest absolute Gasteiger partial charge is 0.394 e. The van der Waals surface area contributed by atoms with Crippen molar-refractivity contribution in [3.05, 3.63) is 0 Å². The second-order valence-electron chi connectivity index (χ2n) is 13.9. The molecule has 1 heterocycles. The van der Waals surface area contributed by atoms with Gasteiger partial charge in [0, 0.05) is 12.6 Å². The molecule has 0 unspecified atom stereocenters. The van der Waals surface area contributed by atoms with Crippen molar-refractivity contribution < 1.29 is 20.1 Å². The van der Waals surface area contributed by atoms with Gasteiger partial charge < -0.3 is 25.4 Å². The van der Waals surface area contributed by atoms with Crippen LogP contribution in [-0.4, -0.2) is 59.4 Å². The lowest BCUT2D eigenvalue weighted by Crippen LogP contribution is -2.54. The zero-order valence-electron chi connectivity index (χ0n) is 22.6. The van der Waals surface area contributed by atoms with E-state index >= 15 is 0 Å². The van der Waals surface area contributed by atoms with Gasteiger partial charge in [0.05, 0.1) is 18.8 Å². The van der Waals surface area contributed by atoms with E-state index in [0.29, 0.717) is 17.4 Å². The van der Waals surface area contributed by atoms with Crippen LogP contribution < -0.4 is 5.32 Å². The highest BCUT2D eigenvalue weighted by molar-refractivity contribution is 5.09. The fourth-order valence-electron chi connectivity index (χ4n) is 10.4. The molecule has 0 aromatic carbocycles. The van der Waals surface area contributed by atoms with Crippen molar-refractivity contribution >= 4 is 0 Å². The second kappa shape index (κ2) is 10.5. The number of ether oxygens (including phenoxy) is 1. The standard InChI is InChI=1S/C30H53NO4/c1-19(5-4-15-31-26-12-16-35-27(18-32)28(26)34)23-8-9-24-22-7-6-20-17-21(33)10-13-29(20,2)25(22)11-14-30(23,24)3/h19-28,31-34H,4-18H2,1-3H3/t19-,20+,21+,22-,23+,24-,25-,26-,27+,28-,29-,30+/m0/s1. The minimum Gasteiger partial charge on any atom is -0.394 e. The zero-order valence-corrected chi connectivity index (χ0v) is 22.6. The van der Waals surface area contributed by atoms with Crippen molar-refractivity contribution in [2.75, 3.05) is 19.8 Å². The summed E-state index contributed by atoms with van der Waals surface area (Å²) in [5.74, 6) is 5.06. The summed E-state index contributed by atoms with van der Waals surface area (Å²) >= 11 is 0. The Hall–Kier alpha value is -0.200. The van der Waals surface area contributed by atoms with Gasteiger partial charge >= 0.3 is 0 Å². The SMILES string of the molecule is C[C@@H](CCCN[C@H]1CCO[C@H](CO)[C@H]1O)[C@H]1CC[C@H]2[C@@H]3CC[C@@H]4C[C@H](O)CC[C@]4(C)[C@H]3CC[C@]12C. The summed E-state index contributed by atoms with van der Waals surface area (Å²) in [6, 6.07) is 0.0391.